The van der Waals surface area contributed by atoms with Crippen molar-refractivity contribution in [3.05, 3.63) is 64.0 Å². The van der Waals surface area contributed by atoms with Crippen molar-refractivity contribution < 1.29 is 9.31 Å². The van der Waals surface area contributed by atoms with Gasteiger partial charge in [-0.05, 0) is 42.8 Å². The van der Waals surface area contributed by atoms with E-state index in [9.17, 15) is 14.5 Å². The molecule has 0 spiro atoms. The van der Waals surface area contributed by atoms with Gasteiger partial charge in [0.2, 0.25) is 0 Å². The van der Waals surface area contributed by atoms with Crippen LogP contribution >= 0.6 is 0 Å². The second kappa shape index (κ2) is 4.83. The highest BCUT2D eigenvalue weighted by Crippen LogP contribution is 2.28. The number of aryl methyl sites for hydroxylation is 1. The smallest absolute Gasteiger partial charge is 0.292 e. The van der Waals surface area contributed by atoms with E-state index in [0.29, 0.717) is 11.4 Å². The minimum atomic E-state index is -0.446. The zero-order valence-electron chi connectivity index (χ0n) is 9.68. The molecule has 0 amide bonds. The molecular weight excluding hydrogens is 235 g/mol. The van der Waals surface area contributed by atoms with E-state index >= 15 is 0 Å². The van der Waals surface area contributed by atoms with Crippen LogP contribution in [0.25, 0.3) is 0 Å². The Bertz CT molecular complexity index is 582. The quantitative estimate of drug-likeness (QED) is 0.662. The molecule has 0 aliphatic carbocycles. The maximum Gasteiger partial charge on any atom is 0.292 e. The number of nitro groups is 1. The molecule has 2 rings (SSSR count). The van der Waals surface area contributed by atoms with Crippen molar-refractivity contribution in [2.75, 3.05) is 5.32 Å². The largest absolute Gasteiger partial charge is 0.350 e. The highest BCUT2D eigenvalue weighted by Gasteiger charge is 2.13. The van der Waals surface area contributed by atoms with Gasteiger partial charge in [0.1, 0.15) is 11.5 Å². The summed E-state index contributed by atoms with van der Waals surface area (Å²) in [4.78, 5) is 10.5. The SMILES string of the molecule is Cc1ccc(Nc2ccc(F)cc2)c([N+](=O)[O-])c1. The molecule has 0 aliphatic rings. The summed E-state index contributed by atoms with van der Waals surface area (Å²) >= 11 is 0. The van der Waals surface area contributed by atoms with Crippen molar-refractivity contribution >= 4 is 17.1 Å². The number of nitrogens with one attached hydrogen (secondary N) is 1. The lowest BCUT2D eigenvalue weighted by molar-refractivity contribution is -0.384. The summed E-state index contributed by atoms with van der Waals surface area (Å²) in [6, 6.07) is 10.5. The fraction of sp³-hybridized carbons (Fsp3) is 0.0769. The third kappa shape index (κ3) is 2.63. The molecule has 0 fully saturated rings. The number of hydrogen-bond acceptors (Lipinski definition) is 3. The number of anilines is 2. The first-order valence-corrected chi connectivity index (χ1v) is 5.34. The Balaban J connectivity index is 2.34. The summed E-state index contributed by atoms with van der Waals surface area (Å²) in [5.74, 6) is -0.348. The molecule has 5 heteroatoms. The molecule has 0 radical (unpaired) electrons. The van der Waals surface area contributed by atoms with Gasteiger partial charge in [-0.1, -0.05) is 6.07 Å². The Morgan fingerprint density at radius 2 is 1.83 bits per heavy atom. The number of benzene rings is 2. The molecule has 0 saturated carbocycles. The molecule has 4 nitrogen and oxygen atoms in total. The lowest BCUT2D eigenvalue weighted by Crippen LogP contribution is -1.97. The van der Waals surface area contributed by atoms with Crippen LogP contribution < -0.4 is 5.32 Å². The molecule has 0 heterocycles. The van der Waals surface area contributed by atoms with E-state index in [1.54, 1.807) is 19.1 Å². The third-order valence-electron chi connectivity index (χ3n) is 2.47. The van der Waals surface area contributed by atoms with Crippen LogP contribution in [0.1, 0.15) is 5.56 Å². The zero-order chi connectivity index (χ0) is 13.1. The van der Waals surface area contributed by atoms with Gasteiger partial charge in [0.15, 0.2) is 0 Å². The van der Waals surface area contributed by atoms with E-state index in [4.69, 9.17) is 0 Å². The lowest BCUT2D eigenvalue weighted by atomic mass is 10.2. The van der Waals surface area contributed by atoms with Gasteiger partial charge in [0, 0.05) is 11.8 Å². The first kappa shape index (κ1) is 12.0. The maximum absolute atomic E-state index is 12.7. The summed E-state index contributed by atoms with van der Waals surface area (Å²) in [6.45, 7) is 1.79. The normalized spacial score (nSPS) is 10.1. The highest BCUT2D eigenvalue weighted by molar-refractivity contribution is 5.69. The summed E-state index contributed by atoms with van der Waals surface area (Å²) in [7, 11) is 0. The molecule has 1 N–H and O–H groups in total. The summed E-state index contributed by atoms with van der Waals surface area (Å²) in [5, 5.41) is 13.8. The second-order valence-electron chi connectivity index (χ2n) is 3.91. The zero-order valence-corrected chi connectivity index (χ0v) is 9.68. The van der Waals surface area contributed by atoms with Crippen LogP contribution in [0.15, 0.2) is 42.5 Å². The second-order valence-corrected chi connectivity index (χ2v) is 3.91. The Morgan fingerprint density at radius 3 is 2.44 bits per heavy atom. The Labute approximate surface area is 103 Å². The minimum Gasteiger partial charge on any atom is -0.350 e. The van der Waals surface area contributed by atoms with E-state index in [1.807, 2.05) is 0 Å². The molecule has 0 aliphatic heterocycles. The van der Waals surface area contributed by atoms with Crippen LogP contribution in [0, 0.1) is 22.9 Å². The number of nitrogens with zero attached hydrogens (tertiary/aromatic N) is 1. The maximum atomic E-state index is 12.7. The van der Waals surface area contributed by atoms with Gasteiger partial charge in [-0.15, -0.1) is 0 Å². The third-order valence-corrected chi connectivity index (χ3v) is 2.47. The van der Waals surface area contributed by atoms with E-state index in [0.717, 1.165) is 5.56 Å². The molecule has 0 unspecified atom stereocenters. The minimum absolute atomic E-state index is 0.000625. The predicted molar refractivity (Wildman–Crippen MR) is 67.5 cm³/mol. The van der Waals surface area contributed by atoms with E-state index in [-0.39, 0.29) is 11.5 Å². The molecule has 0 atom stereocenters. The van der Waals surface area contributed by atoms with Gasteiger partial charge >= 0.3 is 0 Å². The molecular formula is C13H11FN2O2. The Kier molecular flexibility index (Phi) is 3.23. The van der Waals surface area contributed by atoms with Crippen molar-refractivity contribution in [3.8, 4) is 0 Å². The van der Waals surface area contributed by atoms with Crippen LogP contribution in [0.4, 0.5) is 21.5 Å². The molecule has 0 aromatic heterocycles. The van der Waals surface area contributed by atoms with Crippen molar-refractivity contribution in [1.29, 1.82) is 0 Å². The fourth-order valence-electron chi connectivity index (χ4n) is 1.59. The summed E-state index contributed by atoms with van der Waals surface area (Å²) in [6.07, 6.45) is 0. The Morgan fingerprint density at radius 1 is 1.17 bits per heavy atom. The highest BCUT2D eigenvalue weighted by atomic mass is 19.1. The van der Waals surface area contributed by atoms with Crippen molar-refractivity contribution in [3.63, 3.8) is 0 Å². The molecule has 0 saturated heterocycles. The van der Waals surface area contributed by atoms with Gasteiger partial charge < -0.3 is 5.32 Å². The standard InChI is InChI=1S/C13H11FN2O2/c1-9-2-7-12(13(8-9)16(17)18)15-11-5-3-10(14)4-6-11/h2-8,15H,1H3. The first-order chi connectivity index (χ1) is 8.56. The topological polar surface area (TPSA) is 55.2 Å². The summed E-state index contributed by atoms with van der Waals surface area (Å²) in [5.41, 5.74) is 1.80. The van der Waals surface area contributed by atoms with Crippen molar-refractivity contribution in [2.45, 2.75) is 6.92 Å². The number of hydrogen-bond donors (Lipinski definition) is 1. The average molecular weight is 246 g/mol. The van der Waals surface area contributed by atoms with Crippen molar-refractivity contribution in [1.82, 2.24) is 0 Å². The van der Waals surface area contributed by atoms with E-state index in [1.165, 1.54) is 30.3 Å². The molecule has 2 aromatic carbocycles. The van der Waals surface area contributed by atoms with Crippen LogP contribution in [0.3, 0.4) is 0 Å². The monoisotopic (exact) mass is 246 g/mol. The number of halogens is 1. The molecule has 18 heavy (non-hydrogen) atoms. The Hall–Kier alpha value is -2.43. The number of rotatable bonds is 3. The molecule has 0 bridgehead atoms. The van der Waals surface area contributed by atoms with Crippen molar-refractivity contribution in [2.24, 2.45) is 0 Å². The lowest BCUT2D eigenvalue weighted by Gasteiger charge is -2.07. The van der Waals surface area contributed by atoms with Crippen LogP contribution in [0.2, 0.25) is 0 Å². The van der Waals surface area contributed by atoms with E-state index < -0.39 is 4.92 Å². The molecule has 92 valence electrons. The first-order valence-electron chi connectivity index (χ1n) is 5.34. The van der Waals surface area contributed by atoms with Gasteiger partial charge in [-0.25, -0.2) is 4.39 Å². The number of nitro benzene ring substituents is 1. The van der Waals surface area contributed by atoms with Crippen LogP contribution in [-0.2, 0) is 0 Å². The van der Waals surface area contributed by atoms with Gasteiger partial charge in [-0.2, -0.15) is 0 Å². The van der Waals surface area contributed by atoms with Gasteiger partial charge in [-0.3, -0.25) is 10.1 Å². The fourth-order valence-corrected chi connectivity index (χ4v) is 1.59. The average Bonchev–Trinajstić information content (AvgIpc) is 2.34. The summed E-state index contributed by atoms with van der Waals surface area (Å²) < 4.78 is 12.7. The van der Waals surface area contributed by atoms with Crippen LogP contribution in [-0.4, -0.2) is 4.92 Å². The van der Waals surface area contributed by atoms with Gasteiger partial charge in [0.25, 0.3) is 5.69 Å². The van der Waals surface area contributed by atoms with E-state index in [2.05, 4.69) is 5.32 Å². The van der Waals surface area contributed by atoms with Crippen LogP contribution in [0.5, 0.6) is 0 Å². The predicted octanol–water partition coefficient (Wildman–Crippen LogP) is 3.79. The van der Waals surface area contributed by atoms with Gasteiger partial charge in [0.05, 0.1) is 4.92 Å². The molecule has 2 aromatic rings.